The van der Waals surface area contributed by atoms with E-state index in [4.69, 9.17) is 4.74 Å². The third-order valence-corrected chi connectivity index (χ3v) is 3.42. The van der Waals surface area contributed by atoms with Gasteiger partial charge in [-0.15, -0.1) is 0 Å². The molecule has 2 rings (SSSR count). The van der Waals surface area contributed by atoms with Gasteiger partial charge >= 0.3 is 0 Å². The van der Waals surface area contributed by atoms with Gasteiger partial charge in [-0.05, 0) is 5.92 Å². The Morgan fingerprint density at radius 3 is 2.59 bits per heavy atom. The second-order valence-corrected chi connectivity index (χ2v) is 5.26. The van der Waals surface area contributed by atoms with Gasteiger partial charge in [0.15, 0.2) is 6.04 Å². The summed E-state index contributed by atoms with van der Waals surface area (Å²) in [6.45, 7) is 7.65. The third kappa shape index (κ3) is 2.66. The Bertz CT molecular complexity index is 311. The van der Waals surface area contributed by atoms with Gasteiger partial charge in [-0.1, -0.05) is 13.8 Å². The van der Waals surface area contributed by atoms with Gasteiger partial charge in [-0.3, -0.25) is 14.5 Å². The summed E-state index contributed by atoms with van der Waals surface area (Å²) >= 11 is 0. The zero-order chi connectivity index (χ0) is 12.4. The molecule has 17 heavy (non-hydrogen) atoms. The quantitative estimate of drug-likeness (QED) is 0.624. The van der Waals surface area contributed by atoms with Crippen LogP contribution >= 0.6 is 0 Å². The van der Waals surface area contributed by atoms with Crippen LogP contribution in [0.25, 0.3) is 0 Å². The Hall–Kier alpha value is -0.940. The number of nitrogens with zero attached hydrogens (tertiary/aromatic N) is 1. The minimum atomic E-state index is -0.162. The van der Waals surface area contributed by atoms with Crippen molar-refractivity contribution in [2.24, 2.45) is 5.92 Å². The first kappa shape index (κ1) is 12.5. The van der Waals surface area contributed by atoms with E-state index in [1.165, 1.54) is 9.80 Å². The van der Waals surface area contributed by atoms with Crippen molar-refractivity contribution in [2.75, 3.05) is 32.8 Å². The predicted molar refractivity (Wildman–Crippen MR) is 61.5 cm³/mol. The number of rotatable bonds is 3. The molecule has 2 heterocycles. The van der Waals surface area contributed by atoms with Crippen LogP contribution in [0.2, 0.25) is 0 Å². The largest absolute Gasteiger partial charge is 0.370 e. The molecule has 0 saturated carbocycles. The molecule has 0 radical (unpaired) electrons. The van der Waals surface area contributed by atoms with E-state index in [1.54, 1.807) is 0 Å². The van der Waals surface area contributed by atoms with Crippen LogP contribution in [0.4, 0.5) is 0 Å². The van der Waals surface area contributed by atoms with Gasteiger partial charge in [0, 0.05) is 6.54 Å². The van der Waals surface area contributed by atoms with Crippen LogP contribution in [0.15, 0.2) is 0 Å². The first-order valence-corrected chi connectivity index (χ1v) is 6.36. The van der Waals surface area contributed by atoms with Crippen molar-refractivity contribution in [2.45, 2.75) is 26.3 Å². The molecule has 96 valence electrons. The second kappa shape index (κ2) is 5.14. The highest BCUT2D eigenvalue weighted by molar-refractivity contribution is 6.04. The Kier molecular flexibility index (Phi) is 3.79. The van der Waals surface area contributed by atoms with E-state index in [2.05, 4.69) is 0 Å². The first-order chi connectivity index (χ1) is 8.09. The highest BCUT2D eigenvalue weighted by atomic mass is 16.5. The van der Waals surface area contributed by atoms with Crippen molar-refractivity contribution < 1.29 is 19.2 Å². The molecular weight excluding hydrogens is 220 g/mol. The summed E-state index contributed by atoms with van der Waals surface area (Å²) in [4.78, 5) is 26.7. The van der Waals surface area contributed by atoms with Crippen LogP contribution in [0, 0.1) is 5.92 Å². The lowest BCUT2D eigenvalue weighted by molar-refractivity contribution is -0.922. The number of amides is 2. The Morgan fingerprint density at radius 1 is 1.35 bits per heavy atom. The lowest BCUT2D eigenvalue weighted by Crippen LogP contribution is -3.18. The Labute approximate surface area is 102 Å². The minimum Gasteiger partial charge on any atom is -0.370 e. The molecule has 0 aromatic heterocycles. The molecule has 0 unspecified atom stereocenters. The maximum atomic E-state index is 12.2. The van der Waals surface area contributed by atoms with Gasteiger partial charge in [0.05, 0.1) is 19.6 Å². The molecule has 0 aromatic carbocycles. The molecular formula is C12H21N2O3+. The number of morpholine rings is 1. The monoisotopic (exact) mass is 241 g/mol. The van der Waals surface area contributed by atoms with E-state index >= 15 is 0 Å². The molecule has 2 fully saturated rings. The molecule has 1 atom stereocenters. The molecule has 0 spiro atoms. The van der Waals surface area contributed by atoms with Crippen molar-refractivity contribution >= 4 is 11.8 Å². The van der Waals surface area contributed by atoms with Gasteiger partial charge in [-0.25, -0.2) is 0 Å². The summed E-state index contributed by atoms with van der Waals surface area (Å²) in [5.41, 5.74) is 0. The molecule has 5 nitrogen and oxygen atoms in total. The van der Waals surface area contributed by atoms with Crippen LogP contribution in [0.5, 0.6) is 0 Å². The van der Waals surface area contributed by atoms with Gasteiger partial charge in [0.25, 0.3) is 5.91 Å². The summed E-state index contributed by atoms with van der Waals surface area (Å²) in [5, 5.41) is 0. The summed E-state index contributed by atoms with van der Waals surface area (Å²) in [7, 11) is 0. The second-order valence-electron chi connectivity index (χ2n) is 5.26. The number of imide groups is 1. The van der Waals surface area contributed by atoms with E-state index in [0.717, 1.165) is 13.1 Å². The van der Waals surface area contributed by atoms with E-state index in [-0.39, 0.29) is 17.9 Å². The summed E-state index contributed by atoms with van der Waals surface area (Å²) in [6.07, 6.45) is 0.376. The average Bonchev–Trinajstić information content (AvgIpc) is 2.58. The van der Waals surface area contributed by atoms with E-state index in [9.17, 15) is 9.59 Å². The minimum absolute atomic E-state index is 0.00677. The maximum absolute atomic E-state index is 12.2. The molecule has 2 aliphatic heterocycles. The summed E-state index contributed by atoms with van der Waals surface area (Å²) in [5.74, 6) is 0.342. The first-order valence-electron chi connectivity index (χ1n) is 6.36. The maximum Gasteiger partial charge on any atom is 0.288 e. The molecule has 5 heteroatoms. The van der Waals surface area contributed by atoms with Gasteiger partial charge in [0.2, 0.25) is 5.91 Å². The van der Waals surface area contributed by atoms with Crippen LogP contribution in [-0.2, 0) is 14.3 Å². The predicted octanol–water partition coefficient (Wildman–Crippen LogP) is -1.31. The van der Waals surface area contributed by atoms with Crippen LogP contribution < -0.4 is 4.90 Å². The number of hydrogen-bond donors (Lipinski definition) is 1. The molecule has 0 aliphatic carbocycles. The highest BCUT2D eigenvalue weighted by Gasteiger charge is 2.45. The number of carbonyl (C=O) groups is 2. The molecule has 2 aliphatic rings. The smallest absolute Gasteiger partial charge is 0.288 e. The molecule has 0 aromatic rings. The van der Waals surface area contributed by atoms with Gasteiger partial charge in [0.1, 0.15) is 13.1 Å². The van der Waals surface area contributed by atoms with Gasteiger partial charge < -0.3 is 9.64 Å². The normalized spacial score (nSPS) is 27.2. The lowest BCUT2D eigenvalue weighted by Gasteiger charge is -2.27. The fraction of sp³-hybridized carbons (Fsp3) is 0.833. The molecule has 0 bridgehead atoms. The van der Waals surface area contributed by atoms with Crippen molar-refractivity contribution in [3.8, 4) is 0 Å². The van der Waals surface area contributed by atoms with E-state index < -0.39 is 0 Å². The number of hydrogen-bond acceptors (Lipinski definition) is 3. The number of likely N-dealkylation sites (tertiary alicyclic amines) is 1. The standard InChI is InChI=1S/C12H20N2O3/c1-9(2)8-14-11(15)7-10(12(14)16)13-3-5-17-6-4-13/h9-10H,3-8H2,1-2H3/p+1/t10-/m1/s1. The van der Waals surface area contributed by atoms with Crippen molar-refractivity contribution in [3.05, 3.63) is 0 Å². The van der Waals surface area contributed by atoms with Crippen molar-refractivity contribution in [3.63, 3.8) is 0 Å². The van der Waals surface area contributed by atoms with Crippen molar-refractivity contribution in [1.29, 1.82) is 0 Å². The summed E-state index contributed by atoms with van der Waals surface area (Å²) < 4.78 is 5.28. The number of carbonyl (C=O) groups excluding carboxylic acids is 2. The SMILES string of the molecule is CC(C)CN1C(=O)C[C@@H]([NH+]2CCOCC2)C1=O. The number of ether oxygens (including phenoxy) is 1. The van der Waals surface area contributed by atoms with Crippen LogP contribution in [-0.4, -0.2) is 55.6 Å². The van der Waals surface area contributed by atoms with E-state index in [0.29, 0.717) is 32.1 Å². The zero-order valence-corrected chi connectivity index (χ0v) is 10.6. The summed E-state index contributed by atoms with van der Waals surface area (Å²) in [6, 6.07) is -0.162. The fourth-order valence-electron chi connectivity index (χ4n) is 2.54. The number of quaternary nitrogens is 1. The zero-order valence-electron chi connectivity index (χ0n) is 10.6. The fourth-order valence-corrected chi connectivity index (χ4v) is 2.54. The molecule has 1 N–H and O–H groups in total. The Balaban J connectivity index is 2.01. The van der Waals surface area contributed by atoms with Crippen LogP contribution in [0.3, 0.4) is 0 Å². The van der Waals surface area contributed by atoms with Crippen LogP contribution in [0.1, 0.15) is 20.3 Å². The van der Waals surface area contributed by atoms with Gasteiger partial charge in [-0.2, -0.15) is 0 Å². The van der Waals surface area contributed by atoms with Crippen molar-refractivity contribution in [1.82, 2.24) is 4.90 Å². The highest BCUT2D eigenvalue weighted by Crippen LogP contribution is 2.13. The number of nitrogens with one attached hydrogen (secondary N) is 1. The average molecular weight is 241 g/mol. The molecule has 2 amide bonds. The molecule has 2 saturated heterocycles. The van der Waals surface area contributed by atoms with E-state index in [1.807, 2.05) is 13.8 Å². The Morgan fingerprint density at radius 2 is 2.00 bits per heavy atom. The topological polar surface area (TPSA) is 51.1 Å². The third-order valence-electron chi connectivity index (χ3n) is 3.42. The lowest BCUT2D eigenvalue weighted by atomic mass is 10.2.